The molecule has 1 heterocycles. The fraction of sp³-hybridized carbons (Fsp3) is 0.357. The van der Waals surface area contributed by atoms with E-state index < -0.39 is 6.10 Å². The van der Waals surface area contributed by atoms with Gasteiger partial charge in [-0.25, -0.2) is 0 Å². The van der Waals surface area contributed by atoms with Crippen LogP contribution in [0.3, 0.4) is 0 Å². The normalized spacial score (nSPS) is 13.0. The van der Waals surface area contributed by atoms with Crippen molar-refractivity contribution in [1.29, 1.82) is 0 Å². The Kier molecular flexibility index (Phi) is 4.33. The van der Waals surface area contributed by atoms with Gasteiger partial charge in [0, 0.05) is 16.1 Å². The Morgan fingerprint density at radius 2 is 2.05 bits per heavy atom. The number of hydrogen-bond acceptors (Lipinski definition) is 2. The zero-order chi connectivity index (χ0) is 14.2. The number of benzene rings is 1. The molecule has 0 saturated carbocycles. The molecule has 0 fully saturated rings. The van der Waals surface area contributed by atoms with Crippen molar-refractivity contribution in [3.63, 3.8) is 0 Å². The van der Waals surface area contributed by atoms with E-state index in [0.717, 1.165) is 15.6 Å². The maximum absolute atomic E-state index is 10.6. The van der Waals surface area contributed by atoms with Crippen LogP contribution in [0.4, 0.5) is 0 Å². The molecule has 1 aromatic carbocycles. The molecule has 0 aliphatic heterocycles. The lowest BCUT2D eigenvalue weighted by Crippen LogP contribution is -2.13. The molecule has 1 atom stereocenters. The number of nitrogens with zero attached hydrogens (tertiary/aromatic N) is 2. The average molecular weight is 344 g/mol. The number of hydrogen-bond donors (Lipinski definition) is 1. The zero-order valence-corrected chi connectivity index (χ0v) is 13.4. The smallest absolute Gasteiger partial charge is 0.123 e. The van der Waals surface area contributed by atoms with Gasteiger partial charge in [-0.3, -0.25) is 4.68 Å². The maximum Gasteiger partial charge on any atom is 0.123 e. The summed E-state index contributed by atoms with van der Waals surface area (Å²) < 4.78 is 2.61. The first-order valence-electron chi connectivity index (χ1n) is 6.08. The first-order chi connectivity index (χ1) is 8.91. The van der Waals surface area contributed by atoms with E-state index >= 15 is 0 Å². The minimum atomic E-state index is -0.799. The van der Waals surface area contributed by atoms with Gasteiger partial charge in [-0.2, -0.15) is 5.10 Å². The monoisotopic (exact) mass is 342 g/mol. The molecule has 0 saturated heterocycles. The fourth-order valence-corrected chi connectivity index (χ4v) is 2.74. The number of aromatic nitrogens is 2. The molecule has 0 aliphatic carbocycles. The quantitative estimate of drug-likeness (QED) is 0.903. The molecule has 0 amide bonds. The van der Waals surface area contributed by atoms with Gasteiger partial charge in [-0.15, -0.1) is 0 Å². The second-order valence-electron chi connectivity index (χ2n) is 4.84. The minimum absolute atomic E-state index is 0.140. The van der Waals surface area contributed by atoms with Gasteiger partial charge in [0.2, 0.25) is 0 Å². The standard InChI is InChI=1S/C14H16BrClN2O/c1-8(2)18-13(12(16)7-17-18)14(19)10-6-9(3)4-5-11(10)15/h4-8,14,19H,1-3H3. The highest BCUT2D eigenvalue weighted by atomic mass is 79.9. The van der Waals surface area contributed by atoms with Gasteiger partial charge >= 0.3 is 0 Å². The molecule has 2 rings (SSSR count). The highest BCUT2D eigenvalue weighted by Crippen LogP contribution is 2.34. The molecule has 0 aliphatic rings. The van der Waals surface area contributed by atoms with E-state index in [1.165, 1.54) is 0 Å². The third-order valence-corrected chi connectivity index (χ3v) is 3.99. The summed E-state index contributed by atoms with van der Waals surface area (Å²) in [5.41, 5.74) is 2.51. The molecule has 0 bridgehead atoms. The van der Waals surface area contributed by atoms with Crippen molar-refractivity contribution in [3.8, 4) is 0 Å². The SMILES string of the molecule is Cc1ccc(Br)c(C(O)c2c(Cl)cnn2C(C)C)c1. The van der Waals surface area contributed by atoms with E-state index in [0.29, 0.717) is 10.7 Å². The third kappa shape index (κ3) is 2.86. The summed E-state index contributed by atoms with van der Waals surface area (Å²) in [6, 6.07) is 6.00. The molecular weight excluding hydrogens is 328 g/mol. The van der Waals surface area contributed by atoms with Crippen LogP contribution in [-0.2, 0) is 0 Å². The van der Waals surface area contributed by atoms with Crippen molar-refractivity contribution in [2.24, 2.45) is 0 Å². The van der Waals surface area contributed by atoms with Crippen molar-refractivity contribution < 1.29 is 5.11 Å². The van der Waals surface area contributed by atoms with Crippen LogP contribution in [-0.4, -0.2) is 14.9 Å². The van der Waals surface area contributed by atoms with E-state index in [2.05, 4.69) is 21.0 Å². The Labute approximate surface area is 126 Å². The number of rotatable bonds is 3. The molecule has 1 aromatic heterocycles. The van der Waals surface area contributed by atoms with Crippen LogP contribution in [0.15, 0.2) is 28.9 Å². The summed E-state index contributed by atoms with van der Waals surface area (Å²) in [4.78, 5) is 0. The summed E-state index contributed by atoms with van der Waals surface area (Å²) in [5.74, 6) is 0. The van der Waals surface area contributed by atoms with Crippen molar-refractivity contribution in [1.82, 2.24) is 9.78 Å². The lowest BCUT2D eigenvalue weighted by Gasteiger charge is -2.18. The molecule has 0 spiro atoms. The van der Waals surface area contributed by atoms with Crippen molar-refractivity contribution in [2.45, 2.75) is 32.9 Å². The lowest BCUT2D eigenvalue weighted by molar-refractivity contribution is 0.204. The largest absolute Gasteiger partial charge is 0.382 e. The van der Waals surface area contributed by atoms with E-state index in [4.69, 9.17) is 11.6 Å². The second-order valence-corrected chi connectivity index (χ2v) is 6.11. The summed E-state index contributed by atoms with van der Waals surface area (Å²) in [5, 5.41) is 15.3. The highest BCUT2D eigenvalue weighted by Gasteiger charge is 2.23. The van der Waals surface area contributed by atoms with Gasteiger partial charge in [0.15, 0.2) is 0 Å². The number of aliphatic hydroxyl groups excluding tert-OH is 1. The minimum Gasteiger partial charge on any atom is -0.382 e. The molecule has 3 nitrogen and oxygen atoms in total. The molecule has 2 aromatic rings. The van der Waals surface area contributed by atoms with Crippen molar-refractivity contribution >= 4 is 27.5 Å². The van der Waals surface area contributed by atoms with Gasteiger partial charge in [-0.1, -0.05) is 45.2 Å². The van der Waals surface area contributed by atoms with Crippen molar-refractivity contribution in [3.05, 3.63) is 50.7 Å². The third-order valence-electron chi connectivity index (χ3n) is 2.98. The maximum atomic E-state index is 10.6. The molecule has 102 valence electrons. The van der Waals surface area contributed by atoms with Crippen LogP contribution in [0.5, 0.6) is 0 Å². The Balaban J connectivity index is 2.52. The Morgan fingerprint density at radius 1 is 1.37 bits per heavy atom. The average Bonchev–Trinajstić information content (AvgIpc) is 2.73. The number of aliphatic hydroxyl groups is 1. The molecular formula is C14H16BrClN2O. The van der Waals surface area contributed by atoms with E-state index in [9.17, 15) is 5.11 Å². The first-order valence-corrected chi connectivity index (χ1v) is 7.26. The molecule has 19 heavy (non-hydrogen) atoms. The van der Waals surface area contributed by atoms with Crippen LogP contribution in [0.25, 0.3) is 0 Å². The van der Waals surface area contributed by atoms with Gasteiger partial charge < -0.3 is 5.11 Å². The highest BCUT2D eigenvalue weighted by molar-refractivity contribution is 9.10. The van der Waals surface area contributed by atoms with Gasteiger partial charge in [0.25, 0.3) is 0 Å². The van der Waals surface area contributed by atoms with Crippen LogP contribution >= 0.6 is 27.5 Å². The van der Waals surface area contributed by atoms with Gasteiger partial charge in [0.1, 0.15) is 6.10 Å². The van der Waals surface area contributed by atoms with Crippen molar-refractivity contribution in [2.75, 3.05) is 0 Å². The van der Waals surface area contributed by atoms with Crippen LogP contribution < -0.4 is 0 Å². The van der Waals surface area contributed by atoms with Crippen LogP contribution in [0, 0.1) is 6.92 Å². The van der Waals surface area contributed by atoms with E-state index in [1.807, 2.05) is 39.0 Å². The second kappa shape index (κ2) is 5.65. The summed E-state index contributed by atoms with van der Waals surface area (Å²) in [6.45, 7) is 6.00. The Morgan fingerprint density at radius 3 is 2.68 bits per heavy atom. The predicted molar refractivity (Wildman–Crippen MR) is 80.6 cm³/mol. The topological polar surface area (TPSA) is 38.1 Å². The molecule has 1 unspecified atom stereocenters. The van der Waals surface area contributed by atoms with E-state index in [1.54, 1.807) is 10.9 Å². The number of aryl methyl sites for hydroxylation is 1. The summed E-state index contributed by atoms with van der Waals surface area (Å²) in [7, 11) is 0. The molecule has 0 radical (unpaired) electrons. The first kappa shape index (κ1) is 14.6. The molecule has 1 N–H and O–H groups in total. The number of halogens is 2. The summed E-state index contributed by atoms with van der Waals surface area (Å²) in [6.07, 6.45) is 0.774. The van der Waals surface area contributed by atoms with Crippen LogP contribution in [0.2, 0.25) is 5.02 Å². The molecule has 5 heteroatoms. The Bertz CT molecular complexity index is 595. The predicted octanol–water partition coefficient (Wildman–Crippen LogP) is 4.27. The van der Waals surface area contributed by atoms with Crippen LogP contribution in [0.1, 0.15) is 42.8 Å². The van der Waals surface area contributed by atoms with E-state index in [-0.39, 0.29) is 6.04 Å². The van der Waals surface area contributed by atoms with Gasteiger partial charge in [0.05, 0.1) is 16.9 Å². The lowest BCUT2D eigenvalue weighted by atomic mass is 10.0. The van der Waals surface area contributed by atoms with Gasteiger partial charge in [-0.05, 0) is 26.8 Å². The Hall–Kier alpha value is -0.840. The summed E-state index contributed by atoms with van der Waals surface area (Å²) >= 11 is 9.64. The zero-order valence-electron chi connectivity index (χ0n) is 11.1. The fourth-order valence-electron chi connectivity index (χ4n) is 2.04.